The predicted molar refractivity (Wildman–Crippen MR) is 133 cm³/mol. The lowest BCUT2D eigenvalue weighted by molar-refractivity contribution is 0.0463. The van der Waals surface area contributed by atoms with Crippen LogP contribution in [-0.4, -0.2) is 25.3 Å². The smallest absolute Gasteiger partial charge is 0.339 e. The monoisotopic (exact) mass is 488 g/mol. The standard InChI is InChI=1S/C25H20N4O3S2/c1-14-8-9-20-28-17(10-21(30)29(20)11-14)12-32-25(31)18-6-4-5-7-19(18)34-24-22-15(2)16(3)33-23(22)26-13-27-24/h4-11,13H,12H2,1-3H3. The van der Waals surface area contributed by atoms with Gasteiger partial charge in [-0.2, -0.15) is 0 Å². The molecule has 0 saturated heterocycles. The number of pyridine rings is 1. The van der Waals surface area contributed by atoms with Crippen LogP contribution >= 0.6 is 23.1 Å². The molecule has 5 aromatic rings. The average Bonchev–Trinajstić information content (AvgIpc) is 3.12. The van der Waals surface area contributed by atoms with Gasteiger partial charge in [0.25, 0.3) is 5.56 Å². The highest BCUT2D eigenvalue weighted by atomic mass is 32.2. The lowest BCUT2D eigenvalue weighted by Crippen LogP contribution is -2.17. The second-order valence-corrected chi connectivity index (χ2v) is 10.1. The second-order valence-electron chi connectivity index (χ2n) is 7.84. The number of ether oxygens (including phenoxy) is 1. The summed E-state index contributed by atoms with van der Waals surface area (Å²) in [5.74, 6) is -0.488. The number of nitrogens with zero attached hydrogens (tertiary/aromatic N) is 4. The number of esters is 1. The zero-order chi connectivity index (χ0) is 23.8. The molecule has 0 unspecified atom stereocenters. The van der Waals surface area contributed by atoms with Gasteiger partial charge in [0.1, 0.15) is 28.4 Å². The van der Waals surface area contributed by atoms with Crippen molar-refractivity contribution in [1.29, 1.82) is 0 Å². The van der Waals surface area contributed by atoms with Crippen LogP contribution in [0.5, 0.6) is 0 Å². The first-order valence-corrected chi connectivity index (χ1v) is 12.2. The lowest BCUT2D eigenvalue weighted by Gasteiger charge is -2.10. The Morgan fingerprint density at radius 1 is 1.12 bits per heavy atom. The van der Waals surface area contributed by atoms with E-state index in [9.17, 15) is 9.59 Å². The summed E-state index contributed by atoms with van der Waals surface area (Å²) >= 11 is 3.04. The third-order valence-corrected chi connectivity index (χ3v) is 7.65. The van der Waals surface area contributed by atoms with E-state index in [1.54, 1.807) is 42.1 Å². The van der Waals surface area contributed by atoms with E-state index in [0.717, 1.165) is 31.3 Å². The Labute approximate surface area is 203 Å². The molecule has 0 bridgehead atoms. The van der Waals surface area contributed by atoms with E-state index < -0.39 is 5.97 Å². The fourth-order valence-corrected chi connectivity index (χ4v) is 5.73. The van der Waals surface area contributed by atoms with Crippen molar-refractivity contribution in [1.82, 2.24) is 19.4 Å². The minimum absolute atomic E-state index is 0.0992. The van der Waals surface area contributed by atoms with Crippen LogP contribution < -0.4 is 5.56 Å². The van der Waals surface area contributed by atoms with Gasteiger partial charge in [-0.3, -0.25) is 9.20 Å². The Kier molecular flexibility index (Phi) is 5.89. The summed E-state index contributed by atoms with van der Waals surface area (Å²) in [6.45, 7) is 5.93. The van der Waals surface area contributed by atoms with E-state index in [1.165, 1.54) is 27.1 Å². The second kappa shape index (κ2) is 9.00. The van der Waals surface area contributed by atoms with Crippen LogP contribution in [0.2, 0.25) is 0 Å². The van der Waals surface area contributed by atoms with Gasteiger partial charge >= 0.3 is 5.97 Å². The summed E-state index contributed by atoms with van der Waals surface area (Å²) in [6, 6.07) is 12.3. The zero-order valence-corrected chi connectivity index (χ0v) is 20.4. The highest BCUT2D eigenvalue weighted by Crippen LogP contribution is 2.38. The first-order valence-electron chi connectivity index (χ1n) is 10.5. The van der Waals surface area contributed by atoms with Crippen molar-refractivity contribution in [2.75, 3.05) is 0 Å². The van der Waals surface area contributed by atoms with E-state index in [-0.39, 0.29) is 12.2 Å². The first kappa shape index (κ1) is 22.2. The number of hydrogen-bond donors (Lipinski definition) is 0. The molecule has 0 aliphatic carbocycles. The van der Waals surface area contributed by atoms with Crippen LogP contribution in [0.4, 0.5) is 0 Å². The van der Waals surface area contributed by atoms with E-state index in [0.29, 0.717) is 16.9 Å². The normalized spacial score (nSPS) is 11.3. The Balaban J connectivity index is 1.40. The van der Waals surface area contributed by atoms with Crippen LogP contribution in [0.3, 0.4) is 0 Å². The summed E-state index contributed by atoms with van der Waals surface area (Å²) in [6.07, 6.45) is 3.28. The molecule has 4 aromatic heterocycles. The molecule has 5 rings (SSSR count). The number of fused-ring (bicyclic) bond motifs is 2. The Morgan fingerprint density at radius 2 is 1.94 bits per heavy atom. The number of carbonyl (C=O) groups is 1. The molecule has 34 heavy (non-hydrogen) atoms. The van der Waals surface area contributed by atoms with Crippen molar-refractivity contribution in [2.45, 2.75) is 37.3 Å². The van der Waals surface area contributed by atoms with Crippen LogP contribution in [0.25, 0.3) is 15.9 Å². The molecule has 0 N–H and O–H groups in total. The average molecular weight is 489 g/mol. The van der Waals surface area contributed by atoms with E-state index >= 15 is 0 Å². The molecular formula is C25H20N4O3S2. The SMILES string of the molecule is Cc1ccc2nc(COC(=O)c3ccccc3Sc3ncnc4sc(C)c(C)c34)cc(=O)n2c1. The number of carbonyl (C=O) groups excluding carboxylic acids is 1. The summed E-state index contributed by atoms with van der Waals surface area (Å²) in [5.41, 5.74) is 3.22. The van der Waals surface area contributed by atoms with Crippen molar-refractivity contribution in [2.24, 2.45) is 0 Å². The molecule has 9 heteroatoms. The minimum Gasteiger partial charge on any atom is -0.456 e. The number of aryl methyl sites for hydroxylation is 3. The van der Waals surface area contributed by atoms with Crippen LogP contribution in [0.1, 0.15) is 32.1 Å². The summed E-state index contributed by atoms with van der Waals surface area (Å²) in [5, 5.41) is 1.81. The quantitative estimate of drug-likeness (QED) is 0.250. The molecule has 1 aromatic carbocycles. The number of thiophene rings is 1. The number of hydrogen-bond acceptors (Lipinski definition) is 8. The molecule has 170 valence electrons. The molecule has 7 nitrogen and oxygen atoms in total. The van der Waals surface area contributed by atoms with E-state index in [2.05, 4.69) is 28.8 Å². The van der Waals surface area contributed by atoms with Crippen molar-refractivity contribution in [3.8, 4) is 0 Å². The summed E-state index contributed by atoms with van der Waals surface area (Å²) < 4.78 is 7.02. The molecule has 0 spiro atoms. The highest BCUT2D eigenvalue weighted by molar-refractivity contribution is 7.99. The molecule has 4 heterocycles. The van der Waals surface area contributed by atoms with Gasteiger partial charge in [0.05, 0.1) is 11.3 Å². The molecule has 0 amide bonds. The van der Waals surface area contributed by atoms with Gasteiger partial charge in [-0.15, -0.1) is 11.3 Å². The molecule has 0 aliphatic rings. The number of rotatable bonds is 5. The lowest BCUT2D eigenvalue weighted by atomic mass is 10.2. The maximum absolute atomic E-state index is 13.0. The van der Waals surface area contributed by atoms with Gasteiger partial charge in [0.15, 0.2) is 0 Å². The van der Waals surface area contributed by atoms with Crippen LogP contribution in [-0.2, 0) is 11.3 Å². The molecule has 0 aliphatic heterocycles. The summed E-state index contributed by atoms with van der Waals surface area (Å²) in [4.78, 5) is 41.6. The van der Waals surface area contributed by atoms with Crippen molar-refractivity contribution >= 4 is 44.9 Å². The maximum atomic E-state index is 13.0. The van der Waals surface area contributed by atoms with Gasteiger partial charge in [0, 0.05) is 27.4 Å². The van der Waals surface area contributed by atoms with Crippen molar-refractivity contribution in [3.05, 3.63) is 92.6 Å². The Hall–Kier alpha value is -3.56. The Morgan fingerprint density at radius 3 is 2.79 bits per heavy atom. The van der Waals surface area contributed by atoms with Crippen molar-refractivity contribution in [3.63, 3.8) is 0 Å². The fourth-order valence-electron chi connectivity index (χ4n) is 3.61. The van der Waals surface area contributed by atoms with Gasteiger partial charge in [-0.05, 0) is 50.1 Å². The third kappa shape index (κ3) is 4.20. The third-order valence-electron chi connectivity index (χ3n) is 5.46. The van der Waals surface area contributed by atoms with E-state index in [1.807, 2.05) is 25.1 Å². The van der Waals surface area contributed by atoms with Gasteiger partial charge in [0.2, 0.25) is 0 Å². The van der Waals surface area contributed by atoms with Gasteiger partial charge < -0.3 is 4.74 Å². The molecule has 0 saturated carbocycles. The summed E-state index contributed by atoms with van der Waals surface area (Å²) in [7, 11) is 0. The maximum Gasteiger partial charge on any atom is 0.339 e. The molecule has 0 fully saturated rings. The number of aromatic nitrogens is 4. The minimum atomic E-state index is -0.488. The Bertz CT molecular complexity index is 1620. The molecular weight excluding hydrogens is 468 g/mol. The predicted octanol–water partition coefficient (Wildman–Crippen LogP) is 5.13. The molecule has 0 radical (unpaired) electrons. The fraction of sp³-hybridized carbons (Fsp3) is 0.160. The largest absolute Gasteiger partial charge is 0.456 e. The van der Waals surface area contributed by atoms with Crippen molar-refractivity contribution < 1.29 is 9.53 Å². The van der Waals surface area contributed by atoms with Crippen LogP contribution in [0, 0.1) is 20.8 Å². The first-order chi connectivity index (χ1) is 16.4. The molecule has 0 atom stereocenters. The zero-order valence-electron chi connectivity index (χ0n) is 18.7. The number of benzene rings is 1. The van der Waals surface area contributed by atoms with Gasteiger partial charge in [-0.1, -0.05) is 30.0 Å². The van der Waals surface area contributed by atoms with E-state index in [4.69, 9.17) is 4.74 Å². The van der Waals surface area contributed by atoms with Gasteiger partial charge in [-0.25, -0.2) is 19.7 Å². The topological polar surface area (TPSA) is 86.4 Å². The highest BCUT2D eigenvalue weighted by Gasteiger charge is 2.18. The van der Waals surface area contributed by atoms with Crippen LogP contribution in [0.15, 0.2) is 69.7 Å².